The maximum atomic E-state index is 9.96. The van der Waals surface area contributed by atoms with Crippen molar-refractivity contribution in [3.8, 4) is 10.6 Å². The van der Waals surface area contributed by atoms with E-state index in [9.17, 15) is 5.11 Å². The molecule has 1 heterocycles. The summed E-state index contributed by atoms with van der Waals surface area (Å²) in [4.78, 5) is 5.87. The second-order valence-corrected chi connectivity index (χ2v) is 6.64. The van der Waals surface area contributed by atoms with E-state index < -0.39 is 0 Å². The molecule has 1 aliphatic rings. The topological polar surface area (TPSA) is 33.1 Å². The van der Waals surface area contributed by atoms with Gasteiger partial charge in [0.2, 0.25) is 0 Å². The predicted octanol–water partition coefficient (Wildman–Crippen LogP) is 4.25. The maximum Gasteiger partial charge on any atom is 0.124 e. The Hall–Kier alpha value is -0.710. The lowest BCUT2D eigenvalue weighted by molar-refractivity contribution is 0.153. The summed E-state index contributed by atoms with van der Waals surface area (Å²) in [5.41, 5.74) is 3.25. The largest absolute Gasteiger partial charge is 0.387 e. The fraction of sp³-hybridized carbons (Fsp3) is 0.357. The summed E-state index contributed by atoms with van der Waals surface area (Å²) in [7, 11) is 0. The highest BCUT2D eigenvalue weighted by Crippen LogP contribution is 2.37. The minimum Gasteiger partial charge on any atom is -0.387 e. The molecule has 0 aliphatic heterocycles. The van der Waals surface area contributed by atoms with Crippen molar-refractivity contribution in [1.82, 2.24) is 4.98 Å². The minimum absolute atomic E-state index is 0.368. The number of fused-ring (bicyclic) bond motifs is 1. The second-order valence-electron chi connectivity index (χ2n) is 4.70. The molecule has 1 aromatic heterocycles. The van der Waals surface area contributed by atoms with Gasteiger partial charge in [-0.15, -0.1) is 11.3 Å². The van der Waals surface area contributed by atoms with Gasteiger partial charge >= 0.3 is 0 Å². The molecule has 0 radical (unpaired) electrons. The summed E-state index contributed by atoms with van der Waals surface area (Å²) < 4.78 is 1.11. The van der Waals surface area contributed by atoms with Crippen LogP contribution in [-0.2, 0) is 6.42 Å². The van der Waals surface area contributed by atoms with Crippen LogP contribution in [0.25, 0.3) is 10.6 Å². The first-order valence-corrected chi connectivity index (χ1v) is 7.70. The molecule has 1 N–H and O–H groups in total. The number of rotatable bonds is 1. The summed E-state index contributed by atoms with van der Waals surface area (Å²) in [5.74, 6) is 0. The van der Waals surface area contributed by atoms with Crippen molar-refractivity contribution in [3.63, 3.8) is 0 Å². The Morgan fingerprint density at radius 3 is 3.00 bits per heavy atom. The van der Waals surface area contributed by atoms with Crippen LogP contribution in [0.5, 0.6) is 0 Å². The summed E-state index contributed by atoms with van der Waals surface area (Å²) in [6.07, 6.45) is 2.59. The number of halogens is 1. The van der Waals surface area contributed by atoms with E-state index in [0.717, 1.165) is 40.0 Å². The van der Waals surface area contributed by atoms with E-state index in [1.165, 1.54) is 10.4 Å². The van der Waals surface area contributed by atoms with Crippen LogP contribution in [0.3, 0.4) is 0 Å². The van der Waals surface area contributed by atoms with E-state index in [2.05, 4.69) is 46.0 Å². The van der Waals surface area contributed by atoms with Gasteiger partial charge in [-0.05, 0) is 37.8 Å². The summed E-state index contributed by atoms with van der Waals surface area (Å²) >= 11 is 5.27. The molecule has 0 amide bonds. The lowest BCUT2D eigenvalue weighted by Crippen LogP contribution is -2.07. The van der Waals surface area contributed by atoms with Crippen molar-refractivity contribution >= 4 is 27.3 Å². The molecular weight excluding hydrogens is 310 g/mol. The van der Waals surface area contributed by atoms with Gasteiger partial charge in [0.15, 0.2) is 0 Å². The Kier molecular flexibility index (Phi) is 3.26. The summed E-state index contributed by atoms with van der Waals surface area (Å²) in [6, 6.07) is 6.29. The van der Waals surface area contributed by atoms with Gasteiger partial charge in [-0.2, -0.15) is 0 Å². The zero-order valence-corrected chi connectivity index (χ0v) is 12.5. The molecule has 94 valence electrons. The van der Waals surface area contributed by atoms with Crippen LogP contribution in [0.15, 0.2) is 22.7 Å². The second kappa shape index (κ2) is 4.76. The van der Waals surface area contributed by atoms with E-state index >= 15 is 0 Å². The molecule has 1 unspecified atom stereocenters. The molecule has 0 bridgehead atoms. The molecule has 2 aromatic rings. The van der Waals surface area contributed by atoms with Gasteiger partial charge in [-0.25, -0.2) is 4.98 Å². The van der Waals surface area contributed by atoms with E-state index in [4.69, 9.17) is 0 Å². The average Bonchev–Trinajstić information content (AvgIpc) is 2.78. The van der Waals surface area contributed by atoms with Gasteiger partial charge in [-0.1, -0.05) is 28.1 Å². The third-order valence-electron chi connectivity index (χ3n) is 3.34. The quantitative estimate of drug-likeness (QED) is 0.851. The minimum atomic E-state index is -0.368. The molecule has 18 heavy (non-hydrogen) atoms. The van der Waals surface area contributed by atoms with E-state index in [1.54, 1.807) is 11.3 Å². The summed E-state index contributed by atoms with van der Waals surface area (Å²) in [6.45, 7) is 2.07. The van der Waals surface area contributed by atoms with Crippen LogP contribution in [-0.4, -0.2) is 10.1 Å². The molecular formula is C14H14BrNOS. The first-order valence-electron chi connectivity index (χ1n) is 6.09. The smallest absolute Gasteiger partial charge is 0.124 e. The fourth-order valence-electron chi connectivity index (χ4n) is 2.25. The lowest BCUT2D eigenvalue weighted by atomic mass is 10.0. The number of thiazole rings is 1. The fourth-order valence-corrected chi connectivity index (χ4v) is 3.78. The number of aliphatic hydroxyl groups excluding tert-OH is 1. The number of hydrogen-bond donors (Lipinski definition) is 1. The summed E-state index contributed by atoms with van der Waals surface area (Å²) in [5, 5.41) is 11.0. The van der Waals surface area contributed by atoms with Gasteiger partial charge in [0.1, 0.15) is 5.01 Å². The zero-order chi connectivity index (χ0) is 12.7. The van der Waals surface area contributed by atoms with Crippen molar-refractivity contribution < 1.29 is 5.11 Å². The van der Waals surface area contributed by atoms with Crippen molar-refractivity contribution in [2.24, 2.45) is 0 Å². The van der Waals surface area contributed by atoms with Crippen LogP contribution in [0.4, 0.5) is 0 Å². The lowest BCUT2D eigenvalue weighted by Gasteiger charge is -2.14. The van der Waals surface area contributed by atoms with E-state index in [-0.39, 0.29) is 6.10 Å². The van der Waals surface area contributed by atoms with Crippen LogP contribution >= 0.6 is 27.3 Å². The maximum absolute atomic E-state index is 9.96. The molecule has 3 rings (SSSR count). The normalized spacial score (nSPS) is 18.7. The first-order chi connectivity index (χ1) is 8.65. The Morgan fingerprint density at radius 2 is 2.28 bits per heavy atom. The van der Waals surface area contributed by atoms with Gasteiger partial charge in [0, 0.05) is 14.9 Å². The van der Waals surface area contributed by atoms with Gasteiger partial charge in [-0.3, -0.25) is 0 Å². The van der Waals surface area contributed by atoms with Crippen LogP contribution in [0.2, 0.25) is 0 Å². The Balaban J connectivity index is 2.04. The highest BCUT2D eigenvalue weighted by atomic mass is 79.9. The molecule has 1 atom stereocenters. The molecule has 4 heteroatoms. The van der Waals surface area contributed by atoms with Crippen molar-refractivity contribution in [1.29, 1.82) is 0 Å². The Labute approximate surface area is 119 Å². The first kappa shape index (κ1) is 12.3. The number of benzene rings is 1. The van der Waals surface area contributed by atoms with Crippen LogP contribution in [0.1, 0.15) is 35.1 Å². The van der Waals surface area contributed by atoms with Crippen molar-refractivity contribution in [2.75, 3.05) is 0 Å². The number of hydrogen-bond acceptors (Lipinski definition) is 3. The monoisotopic (exact) mass is 323 g/mol. The average molecular weight is 324 g/mol. The molecule has 1 aliphatic carbocycles. The van der Waals surface area contributed by atoms with E-state index in [1.807, 2.05) is 0 Å². The number of aryl methyl sites for hydroxylation is 2. The van der Waals surface area contributed by atoms with E-state index in [0.29, 0.717) is 0 Å². The van der Waals surface area contributed by atoms with Crippen molar-refractivity contribution in [2.45, 2.75) is 32.3 Å². The Bertz CT molecular complexity index is 593. The predicted molar refractivity (Wildman–Crippen MR) is 77.9 cm³/mol. The van der Waals surface area contributed by atoms with Crippen LogP contribution in [0, 0.1) is 6.92 Å². The number of aromatic nitrogens is 1. The van der Waals surface area contributed by atoms with Crippen LogP contribution < -0.4 is 0 Å². The third kappa shape index (κ3) is 2.13. The molecule has 0 saturated heterocycles. The Morgan fingerprint density at radius 1 is 1.44 bits per heavy atom. The molecule has 2 nitrogen and oxygen atoms in total. The third-order valence-corrected chi connectivity index (χ3v) is 5.38. The van der Waals surface area contributed by atoms with Crippen molar-refractivity contribution in [3.05, 3.63) is 38.8 Å². The van der Waals surface area contributed by atoms with Gasteiger partial charge < -0.3 is 5.11 Å². The van der Waals surface area contributed by atoms with Gasteiger partial charge in [0.05, 0.1) is 11.8 Å². The highest BCUT2D eigenvalue weighted by molar-refractivity contribution is 9.10. The zero-order valence-electron chi connectivity index (χ0n) is 10.1. The van der Waals surface area contributed by atoms with Gasteiger partial charge in [0.25, 0.3) is 0 Å². The molecule has 0 spiro atoms. The number of nitrogens with zero attached hydrogens (tertiary/aromatic N) is 1. The number of aliphatic hydroxyl groups is 1. The molecule has 0 fully saturated rings. The molecule has 1 aromatic carbocycles. The standard InChI is InChI=1S/C14H14BrNOS/c1-8-5-6-9(7-10(8)15)14-16-13-11(17)3-2-4-12(13)18-14/h5-7,11,17H,2-4H2,1H3. The molecule has 0 saturated carbocycles. The SMILES string of the molecule is Cc1ccc(-c2nc3c(s2)CCCC3O)cc1Br. The highest BCUT2D eigenvalue weighted by Gasteiger charge is 2.23.